The summed E-state index contributed by atoms with van der Waals surface area (Å²) in [5.41, 5.74) is 1.95. The van der Waals surface area contributed by atoms with Gasteiger partial charge >= 0.3 is 0 Å². The Balaban J connectivity index is 1.99. The van der Waals surface area contributed by atoms with E-state index in [1.165, 1.54) is 0 Å². The number of nitrogens with one attached hydrogen (secondary N) is 2. The average molecular weight is 350 g/mol. The van der Waals surface area contributed by atoms with Crippen LogP contribution in [0.15, 0.2) is 80.9 Å². The molecule has 2 aromatic carbocycles. The Morgan fingerprint density at radius 2 is 1.00 bits per heavy atom. The number of para-hydroxylation sites is 2. The molecule has 2 N–H and O–H groups in total. The second-order valence-corrected chi connectivity index (χ2v) is 5.78. The first-order chi connectivity index (χ1) is 12.6. The van der Waals surface area contributed by atoms with Gasteiger partial charge < -0.3 is 10.6 Å². The summed E-state index contributed by atoms with van der Waals surface area (Å²) in [7, 11) is 3.49. The number of amidine groups is 2. The molecular weight excluding hydrogens is 324 g/mol. The molecule has 0 aromatic heterocycles. The van der Waals surface area contributed by atoms with Gasteiger partial charge in [-0.05, 0) is 38.1 Å². The summed E-state index contributed by atoms with van der Waals surface area (Å²) in [6.45, 7) is 3.92. The van der Waals surface area contributed by atoms with Crippen molar-refractivity contribution in [1.29, 1.82) is 0 Å². The van der Waals surface area contributed by atoms with Crippen LogP contribution in [0.25, 0.3) is 0 Å². The summed E-state index contributed by atoms with van der Waals surface area (Å²) in [6.07, 6.45) is 0. The summed E-state index contributed by atoms with van der Waals surface area (Å²) in [4.78, 5) is 8.60. The van der Waals surface area contributed by atoms with Gasteiger partial charge in [-0.15, -0.1) is 0 Å². The van der Waals surface area contributed by atoms with Gasteiger partial charge in [-0.2, -0.15) is 10.2 Å². The Kier molecular flexibility index (Phi) is 7.49. The molecule has 0 spiro atoms. The lowest BCUT2D eigenvalue weighted by atomic mass is 10.2. The number of hydrogen-bond acceptors (Lipinski definition) is 4. The van der Waals surface area contributed by atoms with Crippen molar-refractivity contribution in [2.45, 2.75) is 25.9 Å². The fourth-order valence-electron chi connectivity index (χ4n) is 2.34. The molecule has 26 heavy (non-hydrogen) atoms. The number of hydrogen-bond donors (Lipinski definition) is 2. The van der Waals surface area contributed by atoms with Gasteiger partial charge in [0.25, 0.3) is 0 Å². The van der Waals surface area contributed by atoms with Gasteiger partial charge in [0, 0.05) is 25.5 Å². The molecule has 0 amide bonds. The maximum atomic E-state index is 4.41. The minimum absolute atomic E-state index is 0.183. The SMILES string of the molecule is CN=C(Nc1ccccc1)C(C)N=NC(C)C(=NC)Nc1ccccc1. The topological polar surface area (TPSA) is 73.5 Å². The molecule has 0 aliphatic heterocycles. The first-order valence-corrected chi connectivity index (χ1v) is 8.61. The van der Waals surface area contributed by atoms with E-state index in [4.69, 9.17) is 0 Å². The average Bonchev–Trinajstić information content (AvgIpc) is 2.69. The first kappa shape index (κ1) is 19.3. The molecule has 136 valence electrons. The molecule has 0 bridgehead atoms. The van der Waals surface area contributed by atoms with Crippen molar-refractivity contribution < 1.29 is 0 Å². The van der Waals surface area contributed by atoms with Crippen LogP contribution in [0.3, 0.4) is 0 Å². The third-order valence-electron chi connectivity index (χ3n) is 3.78. The molecule has 0 aliphatic rings. The Morgan fingerprint density at radius 1 is 0.654 bits per heavy atom. The lowest BCUT2D eigenvalue weighted by molar-refractivity contribution is 0.781. The van der Waals surface area contributed by atoms with E-state index in [9.17, 15) is 0 Å². The smallest absolute Gasteiger partial charge is 0.127 e. The van der Waals surface area contributed by atoms with E-state index in [1.807, 2.05) is 74.5 Å². The lowest BCUT2D eigenvalue weighted by Gasteiger charge is -2.15. The van der Waals surface area contributed by atoms with Crippen molar-refractivity contribution in [3.05, 3.63) is 60.7 Å². The fraction of sp³-hybridized carbons (Fsp3) is 0.300. The van der Waals surface area contributed by atoms with E-state index in [0.717, 1.165) is 23.0 Å². The third kappa shape index (κ3) is 5.81. The molecule has 6 nitrogen and oxygen atoms in total. The highest BCUT2D eigenvalue weighted by Crippen LogP contribution is 2.10. The molecule has 0 radical (unpaired) electrons. The maximum Gasteiger partial charge on any atom is 0.127 e. The van der Waals surface area contributed by atoms with Gasteiger partial charge in [-0.25, -0.2) is 0 Å². The van der Waals surface area contributed by atoms with E-state index >= 15 is 0 Å². The highest BCUT2D eigenvalue weighted by molar-refractivity contribution is 6.00. The van der Waals surface area contributed by atoms with Crippen molar-refractivity contribution in [3.63, 3.8) is 0 Å². The molecule has 0 saturated heterocycles. The fourth-order valence-corrected chi connectivity index (χ4v) is 2.34. The van der Waals surface area contributed by atoms with Crippen molar-refractivity contribution in [3.8, 4) is 0 Å². The zero-order valence-electron chi connectivity index (χ0n) is 15.7. The molecule has 0 aliphatic carbocycles. The van der Waals surface area contributed by atoms with Crippen LogP contribution in [0.2, 0.25) is 0 Å². The Bertz CT molecular complexity index is 687. The monoisotopic (exact) mass is 350 g/mol. The van der Waals surface area contributed by atoms with Gasteiger partial charge in [0.1, 0.15) is 23.8 Å². The molecule has 0 fully saturated rings. The molecule has 0 heterocycles. The van der Waals surface area contributed by atoms with Crippen molar-refractivity contribution in [2.24, 2.45) is 20.2 Å². The quantitative estimate of drug-likeness (QED) is 0.457. The van der Waals surface area contributed by atoms with E-state index < -0.39 is 0 Å². The van der Waals surface area contributed by atoms with E-state index in [-0.39, 0.29) is 12.1 Å². The molecule has 2 atom stereocenters. The number of rotatable bonds is 6. The van der Waals surface area contributed by atoms with E-state index in [2.05, 4.69) is 30.8 Å². The summed E-state index contributed by atoms with van der Waals surface area (Å²) >= 11 is 0. The van der Waals surface area contributed by atoms with Gasteiger partial charge in [0.2, 0.25) is 0 Å². The van der Waals surface area contributed by atoms with Crippen LogP contribution in [0.1, 0.15) is 13.8 Å². The largest absolute Gasteiger partial charge is 0.342 e. The summed E-state index contributed by atoms with van der Waals surface area (Å²) in [6, 6.07) is 19.4. The standard InChI is InChI=1S/C20H26N6/c1-15(19(21-3)23-17-11-7-5-8-12-17)25-26-16(2)20(22-4)24-18-13-9-6-10-14-18/h5-16H,1-4H3,(H,21,23)(H,22,24). The van der Waals surface area contributed by atoms with Gasteiger partial charge in [-0.1, -0.05) is 36.4 Å². The number of azo groups is 1. The third-order valence-corrected chi connectivity index (χ3v) is 3.78. The Morgan fingerprint density at radius 3 is 1.31 bits per heavy atom. The van der Waals surface area contributed by atoms with Crippen LogP contribution in [-0.2, 0) is 0 Å². The van der Waals surface area contributed by atoms with Crippen LogP contribution in [0.5, 0.6) is 0 Å². The number of benzene rings is 2. The Hall–Kier alpha value is -3.02. The predicted octanol–water partition coefficient (Wildman–Crippen LogP) is 4.50. The minimum Gasteiger partial charge on any atom is -0.342 e. The van der Waals surface area contributed by atoms with E-state index in [0.29, 0.717) is 0 Å². The van der Waals surface area contributed by atoms with Crippen LogP contribution < -0.4 is 10.6 Å². The minimum atomic E-state index is -0.183. The van der Waals surface area contributed by atoms with Crippen LogP contribution in [0, 0.1) is 0 Å². The predicted molar refractivity (Wildman–Crippen MR) is 111 cm³/mol. The summed E-state index contributed by atoms with van der Waals surface area (Å²) in [5.74, 6) is 1.52. The van der Waals surface area contributed by atoms with Gasteiger partial charge in [0.05, 0.1) is 0 Å². The number of nitrogens with zero attached hydrogens (tertiary/aromatic N) is 4. The van der Waals surface area contributed by atoms with Gasteiger partial charge in [0.15, 0.2) is 0 Å². The van der Waals surface area contributed by atoms with Crippen molar-refractivity contribution in [1.82, 2.24) is 0 Å². The van der Waals surface area contributed by atoms with E-state index in [1.54, 1.807) is 14.1 Å². The van der Waals surface area contributed by atoms with Crippen molar-refractivity contribution >= 4 is 23.0 Å². The highest BCUT2D eigenvalue weighted by Gasteiger charge is 2.12. The molecule has 6 heteroatoms. The number of anilines is 2. The Labute approximate surface area is 155 Å². The molecular formula is C20H26N6. The zero-order chi connectivity index (χ0) is 18.8. The second kappa shape index (κ2) is 10.1. The molecule has 2 unspecified atom stereocenters. The molecule has 2 aromatic rings. The highest BCUT2D eigenvalue weighted by atomic mass is 15.2. The summed E-state index contributed by atoms with van der Waals surface area (Å²) < 4.78 is 0. The lowest BCUT2D eigenvalue weighted by Crippen LogP contribution is -2.26. The normalized spacial score (nSPS) is 14.9. The van der Waals surface area contributed by atoms with Crippen LogP contribution >= 0.6 is 0 Å². The first-order valence-electron chi connectivity index (χ1n) is 8.61. The van der Waals surface area contributed by atoms with Crippen molar-refractivity contribution in [2.75, 3.05) is 24.7 Å². The second-order valence-electron chi connectivity index (χ2n) is 5.78. The summed E-state index contributed by atoms with van der Waals surface area (Å²) in [5, 5.41) is 15.4. The molecule has 2 rings (SSSR count). The van der Waals surface area contributed by atoms with Gasteiger partial charge in [-0.3, -0.25) is 9.98 Å². The molecule has 0 saturated carbocycles. The van der Waals surface area contributed by atoms with Crippen LogP contribution in [0.4, 0.5) is 11.4 Å². The van der Waals surface area contributed by atoms with Crippen LogP contribution in [-0.4, -0.2) is 37.9 Å². The maximum absolute atomic E-state index is 4.41. The zero-order valence-corrected chi connectivity index (χ0v) is 15.7. The number of aliphatic imine (C=N–C) groups is 2.